The Balaban J connectivity index is 0.000000337. The first-order valence-electron chi connectivity index (χ1n) is 12.5. The van der Waals surface area contributed by atoms with Crippen LogP contribution in [0.4, 0.5) is 22.4 Å². The van der Waals surface area contributed by atoms with Crippen LogP contribution in [0.15, 0.2) is 23.1 Å². The minimum Gasteiger partial charge on any atom is -0.388 e. The lowest BCUT2D eigenvalue weighted by molar-refractivity contribution is -0.0368. The van der Waals surface area contributed by atoms with E-state index in [1.807, 2.05) is 0 Å². The van der Waals surface area contributed by atoms with Crippen molar-refractivity contribution in [1.29, 1.82) is 0 Å². The molecule has 0 atom stereocenters. The number of methoxy groups -OCH3 is 1. The van der Waals surface area contributed by atoms with Crippen molar-refractivity contribution in [3.63, 3.8) is 0 Å². The molecule has 1 saturated carbocycles. The first kappa shape index (κ1) is 30.7. The van der Waals surface area contributed by atoms with Crippen LogP contribution < -0.4 is 10.6 Å². The van der Waals surface area contributed by atoms with Crippen molar-refractivity contribution < 1.29 is 36.5 Å². The summed E-state index contributed by atoms with van der Waals surface area (Å²) < 4.78 is 61.7. The molecule has 220 valence electrons. The number of nitrogens with zero attached hydrogens (tertiary/aromatic N) is 6. The summed E-state index contributed by atoms with van der Waals surface area (Å²) in [5, 5.41) is 16.1. The summed E-state index contributed by atoms with van der Waals surface area (Å²) in [5.74, 6) is -5.76. The second-order valence-electron chi connectivity index (χ2n) is 9.48. The molecule has 0 bridgehead atoms. The maximum atomic E-state index is 13.5. The van der Waals surface area contributed by atoms with Gasteiger partial charge in [0.1, 0.15) is 5.69 Å². The fourth-order valence-electron chi connectivity index (χ4n) is 3.97. The third-order valence-electron chi connectivity index (χ3n) is 5.89. The van der Waals surface area contributed by atoms with Crippen LogP contribution in [-0.4, -0.2) is 80.9 Å². The van der Waals surface area contributed by atoms with Crippen LogP contribution in [0.3, 0.4) is 0 Å². The molecule has 3 aromatic heterocycles. The second kappa shape index (κ2) is 13.5. The van der Waals surface area contributed by atoms with E-state index in [2.05, 4.69) is 40.4 Å². The zero-order valence-corrected chi connectivity index (χ0v) is 22.4. The molecule has 2 aliphatic rings. The summed E-state index contributed by atoms with van der Waals surface area (Å²) in [6, 6.07) is 1.09. The molecular formula is C24H32F4N8O4. The van der Waals surface area contributed by atoms with Crippen molar-refractivity contribution in [2.24, 2.45) is 0 Å². The zero-order chi connectivity index (χ0) is 29.3. The van der Waals surface area contributed by atoms with E-state index in [0.717, 1.165) is 11.3 Å². The number of amides is 3. The molecule has 0 unspecified atom stereocenters. The SMILES string of the molecule is COC.Cc1nonc1C(=O)NCc1cn2ncc(CN3CC(F)(F)CNC3=O)cc2n1.FC1(F)CCCCC1. The standard InChI is InChI=1S/C16H16F2N8O3.C6H10F2.C2H6O/c1-9-13(24-29-23-9)14(27)19-4-11-6-26-12(22-11)2-10(3-21-26)5-25-8-16(17,18)7-20-15(25)28;7-6(8)4-2-1-3-5-6;1-3-2/h2-3,6H,4-5,7-8H2,1H3,(H,19,27)(H,20,28);1-5H2;1-2H3. The van der Waals surface area contributed by atoms with Crippen LogP contribution in [0.5, 0.6) is 0 Å². The van der Waals surface area contributed by atoms with Crippen LogP contribution in [0, 0.1) is 6.92 Å². The van der Waals surface area contributed by atoms with Crippen molar-refractivity contribution in [3.05, 3.63) is 41.1 Å². The van der Waals surface area contributed by atoms with Crippen LogP contribution in [0.1, 0.15) is 59.5 Å². The Kier molecular flexibility index (Phi) is 10.4. The summed E-state index contributed by atoms with van der Waals surface area (Å²) in [6.07, 6.45) is 5.76. The van der Waals surface area contributed by atoms with Crippen molar-refractivity contribution in [2.75, 3.05) is 27.3 Å². The maximum Gasteiger partial charge on any atom is 0.318 e. The quantitative estimate of drug-likeness (QED) is 0.444. The van der Waals surface area contributed by atoms with Gasteiger partial charge in [-0.25, -0.2) is 36.5 Å². The average molecular weight is 573 g/mol. The third kappa shape index (κ3) is 8.86. The molecule has 40 heavy (non-hydrogen) atoms. The Labute approximate surface area is 227 Å². The third-order valence-corrected chi connectivity index (χ3v) is 5.89. The topological polar surface area (TPSA) is 140 Å². The predicted molar refractivity (Wildman–Crippen MR) is 133 cm³/mol. The zero-order valence-electron chi connectivity index (χ0n) is 22.4. The van der Waals surface area contributed by atoms with Gasteiger partial charge in [0.15, 0.2) is 11.3 Å². The molecule has 3 aromatic rings. The van der Waals surface area contributed by atoms with Crippen LogP contribution in [-0.2, 0) is 17.8 Å². The van der Waals surface area contributed by atoms with Gasteiger partial charge in [0.25, 0.3) is 11.8 Å². The van der Waals surface area contributed by atoms with Crippen molar-refractivity contribution in [2.45, 2.75) is 64.0 Å². The molecule has 1 saturated heterocycles. The number of urea groups is 1. The molecule has 0 aromatic carbocycles. The number of carbonyl (C=O) groups is 2. The lowest BCUT2D eigenvalue weighted by Gasteiger charge is -2.32. The summed E-state index contributed by atoms with van der Waals surface area (Å²) in [6.45, 7) is 0.359. The van der Waals surface area contributed by atoms with E-state index >= 15 is 0 Å². The Morgan fingerprint density at radius 1 is 1.15 bits per heavy atom. The van der Waals surface area contributed by atoms with E-state index in [9.17, 15) is 27.2 Å². The lowest BCUT2D eigenvalue weighted by Crippen LogP contribution is -2.56. The number of hydrogen-bond donors (Lipinski definition) is 2. The van der Waals surface area contributed by atoms with Gasteiger partial charge in [-0.2, -0.15) is 5.10 Å². The molecular weight excluding hydrogens is 540 g/mol. The fraction of sp³-hybridized carbons (Fsp3) is 0.583. The minimum absolute atomic E-state index is 0.0255. The van der Waals surface area contributed by atoms with Crippen LogP contribution >= 0.6 is 0 Å². The van der Waals surface area contributed by atoms with Gasteiger partial charge in [-0.05, 0) is 36.6 Å². The van der Waals surface area contributed by atoms with E-state index in [-0.39, 0.29) is 31.6 Å². The van der Waals surface area contributed by atoms with E-state index in [1.54, 1.807) is 33.4 Å². The number of ether oxygens (including phenoxy) is 1. The molecule has 4 heterocycles. The number of alkyl halides is 4. The molecule has 16 heteroatoms. The van der Waals surface area contributed by atoms with Gasteiger partial charge in [-0.15, -0.1) is 0 Å². The minimum atomic E-state index is -2.98. The number of hydrogen-bond acceptors (Lipinski definition) is 8. The Hall–Kier alpha value is -3.82. The maximum absolute atomic E-state index is 13.5. The molecule has 1 aliphatic heterocycles. The number of rotatable bonds is 5. The summed E-state index contributed by atoms with van der Waals surface area (Å²) in [5.41, 5.74) is 1.99. The molecule has 12 nitrogen and oxygen atoms in total. The highest BCUT2D eigenvalue weighted by Gasteiger charge is 2.38. The van der Waals surface area contributed by atoms with E-state index < -0.39 is 36.9 Å². The first-order valence-corrected chi connectivity index (χ1v) is 12.5. The highest BCUT2D eigenvalue weighted by Crippen LogP contribution is 2.32. The number of carbonyl (C=O) groups excluding carboxylic acids is 2. The normalized spacial score (nSPS) is 17.7. The Bertz CT molecular complexity index is 1270. The fourth-order valence-corrected chi connectivity index (χ4v) is 3.97. The Morgan fingerprint density at radius 2 is 1.85 bits per heavy atom. The van der Waals surface area contributed by atoms with Crippen LogP contribution in [0.25, 0.3) is 5.65 Å². The number of aryl methyl sites for hydroxylation is 1. The second-order valence-corrected chi connectivity index (χ2v) is 9.48. The van der Waals surface area contributed by atoms with Gasteiger partial charge in [0, 0.05) is 33.6 Å². The summed E-state index contributed by atoms with van der Waals surface area (Å²) >= 11 is 0. The average Bonchev–Trinajstić information content (AvgIpc) is 3.51. The molecule has 0 radical (unpaired) electrons. The number of fused-ring (bicyclic) bond motifs is 1. The molecule has 2 fully saturated rings. The van der Waals surface area contributed by atoms with Gasteiger partial charge in [-0.1, -0.05) is 11.6 Å². The molecule has 2 N–H and O–H groups in total. The van der Waals surface area contributed by atoms with Gasteiger partial charge in [-0.3, -0.25) is 4.79 Å². The number of nitrogens with one attached hydrogen (secondary N) is 2. The summed E-state index contributed by atoms with van der Waals surface area (Å²) in [4.78, 5) is 29.2. The van der Waals surface area contributed by atoms with Crippen LogP contribution in [0.2, 0.25) is 0 Å². The molecule has 5 rings (SSSR count). The summed E-state index contributed by atoms with van der Waals surface area (Å²) in [7, 11) is 3.25. The highest BCUT2D eigenvalue weighted by molar-refractivity contribution is 5.92. The number of aromatic nitrogens is 5. The lowest BCUT2D eigenvalue weighted by atomic mass is 9.97. The van der Waals surface area contributed by atoms with Crippen molar-refractivity contribution >= 4 is 17.6 Å². The van der Waals surface area contributed by atoms with Gasteiger partial charge < -0.3 is 20.3 Å². The molecule has 3 amide bonds. The largest absolute Gasteiger partial charge is 0.388 e. The smallest absolute Gasteiger partial charge is 0.318 e. The van der Waals surface area contributed by atoms with Crippen molar-refractivity contribution in [1.82, 2.24) is 40.4 Å². The first-order chi connectivity index (χ1) is 18.9. The van der Waals surface area contributed by atoms with Gasteiger partial charge in [0.05, 0.1) is 37.7 Å². The van der Waals surface area contributed by atoms with Gasteiger partial charge in [0.2, 0.25) is 5.92 Å². The number of imidazole rings is 1. The van der Waals surface area contributed by atoms with Gasteiger partial charge >= 0.3 is 6.03 Å². The monoisotopic (exact) mass is 572 g/mol. The molecule has 0 spiro atoms. The van der Waals surface area contributed by atoms with E-state index in [4.69, 9.17) is 0 Å². The van der Waals surface area contributed by atoms with E-state index in [1.165, 1.54) is 10.7 Å². The van der Waals surface area contributed by atoms with Crippen molar-refractivity contribution in [3.8, 4) is 0 Å². The Morgan fingerprint density at radius 3 is 2.45 bits per heavy atom. The predicted octanol–water partition coefficient (Wildman–Crippen LogP) is 3.36. The molecule has 1 aliphatic carbocycles. The highest BCUT2D eigenvalue weighted by atomic mass is 19.3. The number of halogens is 4. The van der Waals surface area contributed by atoms with E-state index in [0.29, 0.717) is 35.4 Å².